The molecule has 1 aromatic heterocycles. The zero-order valence-electron chi connectivity index (χ0n) is 11.4. The molecular weight excluding hydrogens is 347 g/mol. The summed E-state index contributed by atoms with van der Waals surface area (Å²) in [7, 11) is 0. The summed E-state index contributed by atoms with van der Waals surface area (Å²) in [6.45, 7) is 0. The molecule has 0 atom stereocenters. The van der Waals surface area contributed by atoms with E-state index in [0.29, 0.717) is 5.56 Å². The van der Waals surface area contributed by atoms with Crippen LogP contribution in [-0.2, 0) is 0 Å². The first-order chi connectivity index (χ1) is 9.95. The Balaban J connectivity index is 0.00000132. The maximum Gasteiger partial charge on any atom is 0.402 e. The molecule has 0 spiro atoms. The lowest BCUT2D eigenvalue weighted by Gasteiger charge is -2.01. The summed E-state index contributed by atoms with van der Waals surface area (Å²) < 4.78 is 5.47. The van der Waals surface area contributed by atoms with E-state index in [4.69, 9.17) is 4.42 Å². The molecule has 0 saturated heterocycles. The largest absolute Gasteiger partial charge is 1.00 e. The van der Waals surface area contributed by atoms with Gasteiger partial charge >= 0.3 is 11.3 Å². The second-order valence-corrected chi connectivity index (χ2v) is 4.54. The van der Waals surface area contributed by atoms with Gasteiger partial charge in [-0.25, -0.2) is 4.42 Å². The summed E-state index contributed by atoms with van der Waals surface area (Å²) in [5.41, 5.74) is 0.486. The van der Waals surface area contributed by atoms with Gasteiger partial charge in [0.1, 0.15) is 16.9 Å². The second-order valence-electron chi connectivity index (χ2n) is 4.54. The fourth-order valence-electron chi connectivity index (χ4n) is 2.06. The third-order valence-electron chi connectivity index (χ3n) is 3.07. The summed E-state index contributed by atoms with van der Waals surface area (Å²) in [6.07, 6.45) is 0. The van der Waals surface area contributed by atoms with E-state index in [0.717, 1.165) is 6.07 Å². The van der Waals surface area contributed by atoms with Crippen LogP contribution in [0.5, 0.6) is 28.7 Å². The van der Waals surface area contributed by atoms with Crippen molar-refractivity contribution in [3.8, 4) is 40.1 Å². The first-order valence-electron chi connectivity index (χ1n) is 6.00. The predicted molar refractivity (Wildman–Crippen MR) is 81.6 cm³/mol. The minimum Gasteiger partial charge on any atom is -1.00 e. The molecule has 0 radical (unpaired) electrons. The maximum atomic E-state index is 10.0. The highest BCUT2D eigenvalue weighted by Gasteiger charge is 2.24. The highest BCUT2D eigenvalue weighted by molar-refractivity contribution is 5.88. The minimum absolute atomic E-state index is 0. The Labute approximate surface area is 142 Å². The molecule has 8 heteroatoms. The molecule has 0 fully saturated rings. The first-order valence-corrected chi connectivity index (χ1v) is 6.00. The lowest BCUT2D eigenvalue weighted by molar-refractivity contribution is -0.00000961. The van der Waals surface area contributed by atoms with Gasteiger partial charge in [0.15, 0.2) is 11.5 Å². The second kappa shape index (κ2) is 6.68. The van der Waals surface area contributed by atoms with Crippen LogP contribution in [0.2, 0.25) is 0 Å². The van der Waals surface area contributed by atoms with Gasteiger partial charge in [-0.15, -0.1) is 12.4 Å². The highest BCUT2D eigenvalue weighted by atomic mass is 35.5. The van der Waals surface area contributed by atoms with Crippen LogP contribution in [0.3, 0.4) is 0 Å². The average molecular weight is 359 g/mol. The molecule has 1 heterocycles. The van der Waals surface area contributed by atoms with E-state index in [2.05, 4.69) is 0 Å². The number of halogens is 2. The van der Waals surface area contributed by atoms with Crippen molar-refractivity contribution in [2.24, 2.45) is 0 Å². The van der Waals surface area contributed by atoms with Crippen molar-refractivity contribution >= 4 is 23.4 Å². The SMILES string of the molecule is Cl.Oc1cc(O)c2cc(O)c(-c3ccc(O)c(O)c3)[o+]c2c1.[Cl-]. The quantitative estimate of drug-likeness (QED) is 0.316. The molecule has 3 aromatic rings. The number of fused-ring (bicyclic) bond motifs is 1. The third kappa shape index (κ3) is 3.28. The van der Waals surface area contributed by atoms with Crippen LogP contribution in [0.4, 0.5) is 0 Å². The van der Waals surface area contributed by atoms with Gasteiger partial charge in [-0.3, -0.25) is 0 Å². The molecule has 122 valence electrons. The van der Waals surface area contributed by atoms with Crippen molar-refractivity contribution < 1.29 is 42.4 Å². The highest BCUT2D eigenvalue weighted by Crippen LogP contribution is 2.40. The number of phenolic OH excluding ortho intramolecular Hbond substituents is 4. The lowest BCUT2D eigenvalue weighted by atomic mass is 10.1. The maximum absolute atomic E-state index is 10.0. The molecule has 0 unspecified atom stereocenters. The summed E-state index contributed by atoms with van der Waals surface area (Å²) in [5.74, 6) is -1.30. The zero-order valence-corrected chi connectivity index (χ0v) is 13.0. The van der Waals surface area contributed by atoms with Crippen LogP contribution in [0, 0.1) is 0 Å². The molecule has 2 aromatic carbocycles. The normalized spacial score (nSPS) is 9.91. The van der Waals surface area contributed by atoms with Crippen molar-refractivity contribution in [3.63, 3.8) is 0 Å². The van der Waals surface area contributed by atoms with E-state index in [1.54, 1.807) is 0 Å². The number of hydrogen-bond donors (Lipinski definition) is 5. The molecule has 23 heavy (non-hydrogen) atoms. The summed E-state index contributed by atoms with van der Waals surface area (Å²) in [5, 5.41) is 48.2. The fraction of sp³-hybridized carbons (Fsp3) is 0. The van der Waals surface area contributed by atoms with Gasteiger partial charge in [0.05, 0.1) is 11.6 Å². The van der Waals surface area contributed by atoms with Crippen LogP contribution in [-0.4, -0.2) is 25.5 Å². The topological polar surface area (TPSA) is 112 Å². The third-order valence-corrected chi connectivity index (χ3v) is 3.07. The number of aromatic hydroxyl groups is 5. The monoisotopic (exact) mass is 358 g/mol. The van der Waals surface area contributed by atoms with Crippen molar-refractivity contribution in [1.29, 1.82) is 0 Å². The number of phenols is 4. The van der Waals surface area contributed by atoms with E-state index in [1.165, 1.54) is 30.3 Å². The van der Waals surface area contributed by atoms with E-state index >= 15 is 0 Å². The van der Waals surface area contributed by atoms with Crippen LogP contribution in [0.1, 0.15) is 0 Å². The van der Waals surface area contributed by atoms with Gasteiger partial charge in [-0.05, 0) is 12.1 Å². The molecule has 5 N–H and O–H groups in total. The molecule has 0 aliphatic heterocycles. The lowest BCUT2D eigenvalue weighted by Crippen LogP contribution is -3.00. The molecular formula is C15H12Cl2O6. The Morgan fingerprint density at radius 3 is 2.04 bits per heavy atom. The van der Waals surface area contributed by atoms with Crippen molar-refractivity contribution in [1.82, 2.24) is 0 Å². The first kappa shape index (κ1) is 18.5. The molecule has 6 nitrogen and oxygen atoms in total. The standard InChI is InChI=1S/C15H10O6.2ClH/c16-8-4-11(18)9-6-13(20)15(21-14(9)5-8)7-1-2-10(17)12(19)3-7;;/h1-6H,(H4-,16,17,18,19,20);2*1H. The Bertz CT molecular complexity index is 866. The van der Waals surface area contributed by atoms with Crippen molar-refractivity contribution in [2.45, 2.75) is 0 Å². The van der Waals surface area contributed by atoms with Gasteiger partial charge in [0, 0.05) is 18.2 Å². The van der Waals surface area contributed by atoms with Gasteiger partial charge in [0.25, 0.3) is 0 Å². The Morgan fingerprint density at radius 2 is 1.39 bits per heavy atom. The van der Waals surface area contributed by atoms with E-state index < -0.39 is 0 Å². The van der Waals surface area contributed by atoms with Crippen LogP contribution in [0.15, 0.2) is 40.8 Å². The van der Waals surface area contributed by atoms with E-state index in [-0.39, 0.29) is 70.3 Å². The van der Waals surface area contributed by atoms with Crippen LogP contribution in [0.25, 0.3) is 22.3 Å². The Hall–Kier alpha value is -2.57. The van der Waals surface area contributed by atoms with Gasteiger partial charge < -0.3 is 37.9 Å². The zero-order chi connectivity index (χ0) is 15.1. The summed E-state index contributed by atoms with van der Waals surface area (Å²) in [4.78, 5) is 0. The van der Waals surface area contributed by atoms with Crippen molar-refractivity contribution in [3.05, 3.63) is 36.4 Å². The minimum atomic E-state index is -0.360. The summed E-state index contributed by atoms with van der Waals surface area (Å²) in [6, 6.07) is 7.63. The molecule has 0 amide bonds. The molecule has 0 bridgehead atoms. The predicted octanol–water partition coefficient (Wildman–Crippen LogP) is 0.335. The van der Waals surface area contributed by atoms with E-state index in [9.17, 15) is 25.5 Å². The average Bonchev–Trinajstić information content (AvgIpc) is 2.42. The van der Waals surface area contributed by atoms with E-state index in [1.807, 2.05) is 0 Å². The van der Waals surface area contributed by atoms with Crippen LogP contribution >= 0.6 is 12.4 Å². The molecule has 0 saturated carbocycles. The van der Waals surface area contributed by atoms with Gasteiger partial charge in [0.2, 0.25) is 5.75 Å². The Morgan fingerprint density at radius 1 is 0.696 bits per heavy atom. The van der Waals surface area contributed by atoms with Crippen LogP contribution < -0.4 is 12.4 Å². The Kier molecular flexibility index (Phi) is 5.37. The van der Waals surface area contributed by atoms with Gasteiger partial charge in [-0.1, -0.05) is 0 Å². The fourth-order valence-corrected chi connectivity index (χ4v) is 2.06. The smallest absolute Gasteiger partial charge is 0.402 e. The summed E-state index contributed by atoms with van der Waals surface area (Å²) >= 11 is 0. The molecule has 0 aliphatic rings. The number of rotatable bonds is 1. The van der Waals surface area contributed by atoms with Crippen molar-refractivity contribution in [2.75, 3.05) is 0 Å². The van der Waals surface area contributed by atoms with Gasteiger partial charge in [-0.2, -0.15) is 0 Å². The number of hydrogen-bond acceptors (Lipinski definition) is 5. The molecule has 3 rings (SSSR count). The number of benzene rings is 2. The molecule has 0 aliphatic carbocycles.